The van der Waals surface area contributed by atoms with Crippen LogP contribution in [0.2, 0.25) is 5.02 Å². The molecule has 2 aromatic rings. The predicted octanol–water partition coefficient (Wildman–Crippen LogP) is 1.54. The van der Waals surface area contributed by atoms with E-state index in [4.69, 9.17) is 11.6 Å². The van der Waals surface area contributed by atoms with Gasteiger partial charge in [-0.1, -0.05) is 16.1 Å². The molecule has 2 rings (SSSR count). The first-order chi connectivity index (χ1) is 6.77. The van der Waals surface area contributed by atoms with Gasteiger partial charge in [0.15, 0.2) is 0 Å². The maximum Gasteiger partial charge on any atom is 0.130 e. The normalized spacial score (nSPS) is 10.4. The fourth-order valence-corrected chi connectivity index (χ4v) is 1.70. The molecule has 0 atom stereocenters. The molecule has 0 aliphatic heterocycles. The van der Waals surface area contributed by atoms with Gasteiger partial charge in [0.05, 0.1) is 29.7 Å². The van der Waals surface area contributed by atoms with Crippen molar-refractivity contribution in [3.63, 3.8) is 0 Å². The Balaban J connectivity index is 2.05. The molecule has 0 spiro atoms. The lowest BCUT2D eigenvalue weighted by atomic mass is 10.4. The van der Waals surface area contributed by atoms with Gasteiger partial charge in [0.2, 0.25) is 0 Å². The fraction of sp³-hybridized carbons (Fsp3) is 0.286. The Bertz CT molecular complexity index is 390. The molecule has 0 bridgehead atoms. The number of hydrogen-bond donors (Lipinski definition) is 1. The largest absolute Gasteiger partial charge is 0.369 e. The number of nitrogens with zero attached hydrogens (tertiary/aromatic N) is 4. The lowest BCUT2D eigenvalue weighted by molar-refractivity contribution is 0.721. The zero-order valence-electron chi connectivity index (χ0n) is 7.44. The topological polar surface area (TPSA) is 55.6 Å². The second-order valence-electron chi connectivity index (χ2n) is 2.70. The number of anilines is 1. The highest BCUT2D eigenvalue weighted by Crippen LogP contribution is 2.17. The summed E-state index contributed by atoms with van der Waals surface area (Å²) >= 11 is 7.25. The van der Waals surface area contributed by atoms with Gasteiger partial charge in [-0.15, -0.1) is 5.10 Å². The van der Waals surface area contributed by atoms with Crippen LogP contribution in [0.5, 0.6) is 0 Å². The Kier molecular flexibility index (Phi) is 2.64. The lowest BCUT2D eigenvalue weighted by Crippen LogP contribution is -2.04. The van der Waals surface area contributed by atoms with Crippen LogP contribution in [-0.2, 0) is 13.6 Å². The summed E-state index contributed by atoms with van der Waals surface area (Å²) in [5, 5.41) is 12.5. The van der Waals surface area contributed by atoms with Crippen molar-refractivity contribution in [3.8, 4) is 0 Å². The highest BCUT2D eigenvalue weighted by molar-refractivity contribution is 7.09. The molecular formula is C7H8ClN5S. The van der Waals surface area contributed by atoms with Crippen molar-refractivity contribution in [1.82, 2.24) is 19.4 Å². The van der Waals surface area contributed by atoms with Crippen molar-refractivity contribution in [3.05, 3.63) is 23.1 Å². The summed E-state index contributed by atoms with van der Waals surface area (Å²) in [6.45, 7) is 0.624. The summed E-state index contributed by atoms with van der Waals surface area (Å²) < 4.78 is 5.48. The molecule has 74 valence electrons. The molecule has 7 heteroatoms. The van der Waals surface area contributed by atoms with Crippen LogP contribution in [-0.4, -0.2) is 19.4 Å². The maximum absolute atomic E-state index is 5.93. The van der Waals surface area contributed by atoms with E-state index in [1.54, 1.807) is 17.1 Å². The molecule has 2 heterocycles. The van der Waals surface area contributed by atoms with Crippen LogP contribution in [0.1, 0.15) is 5.69 Å². The van der Waals surface area contributed by atoms with Crippen molar-refractivity contribution in [2.45, 2.75) is 6.54 Å². The van der Waals surface area contributed by atoms with Crippen LogP contribution in [0, 0.1) is 0 Å². The first kappa shape index (κ1) is 9.42. The van der Waals surface area contributed by atoms with Crippen molar-refractivity contribution >= 4 is 28.1 Å². The summed E-state index contributed by atoms with van der Waals surface area (Å²) in [6.07, 6.45) is 3.30. The SMILES string of the molecule is Cn1ncc(Cl)c1CNc1cnns1. The average molecular weight is 230 g/mol. The van der Waals surface area contributed by atoms with E-state index < -0.39 is 0 Å². The lowest BCUT2D eigenvalue weighted by Gasteiger charge is -2.03. The quantitative estimate of drug-likeness (QED) is 0.868. The molecule has 0 radical (unpaired) electrons. The van der Waals surface area contributed by atoms with E-state index in [1.165, 1.54) is 11.5 Å². The van der Waals surface area contributed by atoms with Gasteiger partial charge in [0, 0.05) is 18.6 Å². The minimum Gasteiger partial charge on any atom is -0.369 e. The fourth-order valence-electron chi connectivity index (χ4n) is 1.05. The van der Waals surface area contributed by atoms with Gasteiger partial charge in [-0.25, -0.2) is 0 Å². The standard InChI is InChI=1S/C7H8ClN5S/c1-13-6(5(8)2-11-13)3-9-7-4-10-12-14-7/h2,4,9H,3H2,1H3. The predicted molar refractivity (Wildman–Crippen MR) is 55.5 cm³/mol. The summed E-state index contributed by atoms with van der Waals surface area (Å²) in [5.74, 6) is 0. The Morgan fingerprint density at radius 2 is 2.43 bits per heavy atom. The Hall–Kier alpha value is -1.14. The van der Waals surface area contributed by atoms with Crippen LogP contribution in [0.25, 0.3) is 0 Å². The summed E-state index contributed by atoms with van der Waals surface area (Å²) in [7, 11) is 1.85. The molecule has 0 aliphatic carbocycles. The van der Waals surface area contributed by atoms with E-state index in [-0.39, 0.29) is 0 Å². The monoisotopic (exact) mass is 229 g/mol. The van der Waals surface area contributed by atoms with Crippen molar-refractivity contribution in [2.24, 2.45) is 7.05 Å². The maximum atomic E-state index is 5.93. The van der Waals surface area contributed by atoms with E-state index >= 15 is 0 Å². The van der Waals surface area contributed by atoms with Gasteiger partial charge in [-0.05, 0) is 0 Å². The van der Waals surface area contributed by atoms with Gasteiger partial charge < -0.3 is 5.32 Å². The average Bonchev–Trinajstić information content (AvgIpc) is 2.76. The summed E-state index contributed by atoms with van der Waals surface area (Å²) in [6, 6.07) is 0. The minimum absolute atomic E-state index is 0.624. The third-order valence-electron chi connectivity index (χ3n) is 1.80. The van der Waals surface area contributed by atoms with Crippen molar-refractivity contribution in [2.75, 3.05) is 5.32 Å². The van der Waals surface area contributed by atoms with Gasteiger partial charge in [-0.2, -0.15) is 5.10 Å². The highest BCUT2D eigenvalue weighted by atomic mass is 35.5. The summed E-state index contributed by atoms with van der Waals surface area (Å²) in [5.41, 5.74) is 0.945. The second-order valence-corrected chi connectivity index (χ2v) is 3.89. The van der Waals surface area contributed by atoms with E-state index in [1.807, 2.05) is 7.05 Å². The molecule has 0 saturated carbocycles. The first-order valence-electron chi connectivity index (χ1n) is 3.95. The molecule has 0 amide bonds. The number of aromatic nitrogens is 4. The molecule has 5 nitrogen and oxygen atoms in total. The van der Waals surface area contributed by atoms with Crippen LogP contribution in [0.15, 0.2) is 12.4 Å². The van der Waals surface area contributed by atoms with Crippen molar-refractivity contribution < 1.29 is 0 Å². The Morgan fingerprint density at radius 3 is 3.00 bits per heavy atom. The van der Waals surface area contributed by atoms with E-state index in [2.05, 4.69) is 20.0 Å². The van der Waals surface area contributed by atoms with E-state index in [9.17, 15) is 0 Å². The van der Waals surface area contributed by atoms with Gasteiger partial charge >= 0.3 is 0 Å². The summed E-state index contributed by atoms with van der Waals surface area (Å²) in [4.78, 5) is 0. The number of rotatable bonds is 3. The van der Waals surface area contributed by atoms with Crippen molar-refractivity contribution in [1.29, 1.82) is 0 Å². The number of hydrogen-bond acceptors (Lipinski definition) is 5. The van der Waals surface area contributed by atoms with Gasteiger partial charge in [0.1, 0.15) is 5.00 Å². The molecular weight excluding hydrogens is 222 g/mol. The minimum atomic E-state index is 0.624. The van der Waals surface area contributed by atoms with Crippen LogP contribution in [0.4, 0.5) is 5.00 Å². The molecule has 0 aliphatic rings. The molecule has 0 unspecified atom stereocenters. The zero-order valence-corrected chi connectivity index (χ0v) is 9.01. The van der Waals surface area contributed by atoms with Gasteiger partial charge in [0.25, 0.3) is 0 Å². The molecule has 0 fully saturated rings. The third-order valence-corrected chi connectivity index (χ3v) is 2.74. The number of aryl methyl sites for hydroxylation is 1. The van der Waals surface area contributed by atoms with E-state index in [0.29, 0.717) is 11.6 Å². The van der Waals surface area contributed by atoms with E-state index in [0.717, 1.165) is 10.7 Å². The number of nitrogens with one attached hydrogen (secondary N) is 1. The Morgan fingerprint density at radius 1 is 1.57 bits per heavy atom. The Labute approximate surface area is 89.9 Å². The highest BCUT2D eigenvalue weighted by Gasteiger charge is 2.05. The zero-order chi connectivity index (χ0) is 9.97. The molecule has 1 N–H and O–H groups in total. The third kappa shape index (κ3) is 1.85. The molecule has 14 heavy (non-hydrogen) atoms. The molecule has 0 aromatic carbocycles. The molecule has 2 aromatic heterocycles. The van der Waals surface area contributed by atoms with Crippen LogP contribution in [0.3, 0.4) is 0 Å². The van der Waals surface area contributed by atoms with Crippen LogP contribution < -0.4 is 5.32 Å². The van der Waals surface area contributed by atoms with Crippen LogP contribution >= 0.6 is 23.1 Å². The van der Waals surface area contributed by atoms with Gasteiger partial charge in [-0.3, -0.25) is 4.68 Å². The smallest absolute Gasteiger partial charge is 0.130 e. The number of halogens is 1. The molecule has 0 saturated heterocycles. The second kappa shape index (κ2) is 3.93. The first-order valence-corrected chi connectivity index (χ1v) is 5.10.